The van der Waals surface area contributed by atoms with E-state index >= 15 is 0 Å². The summed E-state index contributed by atoms with van der Waals surface area (Å²) in [6, 6.07) is 4.06. The Morgan fingerprint density at radius 2 is 2.04 bits per heavy atom. The lowest BCUT2D eigenvalue weighted by atomic mass is 10.0. The summed E-state index contributed by atoms with van der Waals surface area (Å²) in [6.45, 7) is 1.97. The number of nitrogens with one attached hydrogen (secondary N) is 1. The van der Waals surface area contributed by atoms with Gasteiger partial charge in [-0.2, -0.15) is 5.10 Å². The molecule has 1 saturated carbocycles. The third kappa shape index (κ3) is 3.13. The van der Waals surface area contributed by atoms with Crippen LogP contribution in [0.15, 0.2) is 29.7 Å². The molecule has 1 aliphatic heterocycles. The molecule has 24 heavy (non-hydrogen) atoms. The Kier molecular flexibility index (Phi) is 3.76. The summed E-state index contributed by atoms with van der Waals surface area (Å²) in [5.74, 6) is 1.74. The van der Waals surface area contributed by atoms with E-state index in [2.05, 4.69) is 30.9 Å². The Hall–Kier alpha value is -2.00. The minimum atomic E-state index is -3.53. The highest BCUT2D eigenvalue weighted by Crippen LogP contribution is 2.38. The number of aromatic nitrogens is 4. The number of hydrogen-bond donors (Lipinski definition) is 1. The molecule has 2 aromatic heterocycles. The van der Waals surface area contributed by atoms with Crippen LogP contribution in [0.25, 0.3) is 0 Å². The molecule has 1 aliphatic carbocycles. The third-order valence-corrected chi connectivity index (χ3v) is 5.77. The molecule has 0 unspecified atom stereocenters. The van der Waals surface area contributed by atoms with Crippen LogP contribution in [0.4, 0.5) is 5.82 Å². The first-order valence-corrected chi connectivity index (χ1v) is 9.56. The van der Waals surface area contributed by atoms with Crippen LogP contribution in [0, 0.1) is 5.92 Å². The molecule has 9 heteroatoms. The van der Waals surface area contributed by atoms with E-state index in [0.717, 1.165) is 24.6 Å². The number of imidazole rings is 1. The van der Waals surface area contributed by atoms with Crippen LogP contribution >= 0.6 is 0 Å². The van der Waals surface area contributed by atoms with E-state index in [4.69, 9.17) is 0 Å². The van der Waals surface area contributed by atoms with Gasteiger partial charge in [0.25, 0.3) is 10.0 Å². The van der Waals surface area contributed by atoms with E-state index in [0.29, 0.717) is 12.5 Å². The van der Waals surface area contributed by atoms with Crippen molar-refractivity contribution in [3.63, 3.8) is 0 Å². The molecule has 0 amide bonds. The Labute approximate surface area is 141 Å². The molecule has 4 rings (SSSR count). The minimum absolute atomic E-state index is 0.0581. The molecule has 2 fully saturated rings. The van der Waals surface area contributed by atoms with E-state index in [-0.39, 0.29) is 10.9 Å². The fourth-order valence-corrected chi connectivity index (χ4v) is 3.91. The zero-order valence-corrected chi connectivity index (χ0v) is 14.3. The van der Waals surface area contributed by atoms with Crippen LogP contribution in [-0.2, 0) is 17.1 Å². The topological polar surface area (TPSA) is 93.0 Å². The van der Waals surface area contributed by atoms with Gasteiger partial charge in [0.2, 0.25) is 0 Å². The molecule has 0 aromatic carbocycles. The molecule has 2 aliphatic rings. The second-order valence-corrected chi connectivity index (χ2v) is 8.30. The summed E-state index contributed by atoms with van der Waals surface area (Å²) in [5, 5.41) is 8.62. The predicted octanol–water partition coefficient (Wildman–Crippen LogP) is 0.502. The SMILES string of the molecule is Cn1cnc(S(=O)(=O)NCC2CN(c3ccc(C4CC4)nn3)C2)c1. The van der Waals surface area contributed by atoms with Crippen molar-refractivity contribution in [3.8, 4) is 0 Å². The quantitative estimate of drug-likeness (QED) is 0.817. The molecule has 0 atom stereocenters. The second kappa shape index (κ2) is 5.82. The molecule has 3 heterocycles. The van der Waals surface area contributed by atoms with Gasteiger partial charge in [-0.05, 0) is 25.0 Å². The van der Waals surface area contributed by atoms with E-state index in [9.17, 15) is 8.42 Å². The van der Waals surface area contributed by atoms with Crippen molar-refractivity contribution in [2.45, 2.75) is 23.8 Å². The molecule has 0 spiro atoms. The van der Waals surface area contributed by atoms with Gasteiger partial charge in [-0.1, -0.05) is 0 Å². The lowest BCUT2D eigenvalue weighted by Gasteiger charge is -2.39. The third-order valence-electron chi connectivity index (χ3n) is 4.47. The maximum absolute atomic E-state index is 12.1. The van der Waals surface area contributed by atoms with Gasteiger partial charge in [-0.15, -0.1) is 5.10 Å². The Bertz CT molecular complexity index is 822. The average Bonchev–Trinajstić information content (AvgIpc) is 3.27. The van der Waals surface area contributed by atoms with Crippen molar-refractivity contribution in [1.82, 2.24) is 24.5 Å². The summed E-state index contributed by atoms with van der Waals surface area (Å²) in [4.78, 5) is 6.00. The van der Waals surface area contributed by atoms with Crippen molar-refractivity contribution in [2.75, 3.05) is 24.5 Å². The number of hydrogen-bond acceptors (Lipinski definition) is 6. The highest BCUT2D eigenvalue weighted by molar-refractivity contribution is 7.89. The standard InChI is InChI=1S/C15H20N6O2S/c1-20-9-15(16-10-20)24(22,23)17-6-11-7-21(8-11)14-5-4-13(18-19-14)12-2-3-12/h4-5,9-12,17H,2-3,6-8H2,1H3. The number of anilines is 1. The van der Waals surface area contributed by atoms with Gasteiger partial charge in [-0.25, -0.2) is 18.1 Å². The highest BCUT2D eigenvalue weighted by Gasteiger charge is 2.30. The monoisotopic (exact) mass is 348 g/mol. The zero-order valence-electron chi connectivity index (χ0n) is 13.5. The van der Waals surface area contributed by atoms with Crippen LogP contribution in [0.2, 0.25) is 0 Å². The van der Waals surface area contributed by atoms with E-state index < -0.39 is 10.0 Å². The van der Waals surface area contributed by atoms with Crippen LogP contribution in [0.3, 0.4) is 0 Å². The molecule has 128 valence electrons. The normalized spacial score (nSPS) is 18.6. The molecule has 8 nitrogen and oxygen atoms in total. The van der Waals surface area contributed by atoms with Crippen LogP contribution < -0.4 is 9.62 Å². The van der Waals surface area contributed by atoms with E-state index in [1.807, 2.05) is 6.07 Å². The summed E-state index contributed by atoms with van der Waals surface area (Å²) in [5.41, 5.74) is 1.08. The van der Waals surface area contributed by atoms with Crippen molar-refractivity contribution < 1.29 is 8.42 Å². The van der Waals surface area contributed by atoms with E-state index in [1.165, 1.54) is 25.4 Å². The Morgan fingerprint density at radius 3 is 2.62 bits per heavy atom. The molecule has 2 aromatic rings. The molecule has 1 N–H and O–H groups in total. The second-order valence-electron chi connectivity index (χ2n) is 6.59. The molecule has 0 bridgehead atoms. The largest absolute Gasteiger partial charge is 0.354 e. The van der Waals surface area contributed by atoms with Gasteiger partial charge in [0.15, 0.2) is 10.8 Å². The summed E-state index contributed by atoms with van der Waals surface area (Å²) >= 11 is 0. The first-order chi connectivity index (χ1) is 11.5. The van der Waals surface area contributed by atoms with Crippen LogP contribution in [0.1, 0.15) is 24.5 Å². The molecular weight excluding hydrogens is 328 g/mol. The fraction of sp³-hybridized carbons (Fsp3) is 0.533. The summed E-state index contributed by atoms with van der Waals surface area (Å²) < 4.78 is 28.5. The van der Waals surface area contributed by atoms with Gasteiger partial charge in [0, 0.05) is 44.7 Å². The summed E-state index contributed by atoms with van der Waals surface area (Å²) in [6.07, 6.45) is 5.41. The van der Waals surface area contributed by atoms with Crippen molar-refractivity contribution >= 4 is 15.8 Å². The Morgan fingerprint density at radius 1 is 1.25 bits per heavy atom. The average molecular weight is 348 g/mol. The number of aryl methyl sites for hydroxylation is 1. The lowest BCUT2D eigenvalue weighted by molar-refractivity contribution is 0.402. The van der Waals surface area contributed by atoms with Crippen molar-refractivity contribution in [1.29, 1.82) is 0 Å². The summed E-state index contributed by atoms with van der Waals surface area (Å²) in [7, 11) is -1.79. The molecule has 1 saturated heterocycles. The minimum Gasteiger partial charge on any atom is -0.354 e. The molecule has 0 radical (unpaired) electrons. The zero-order chi connectivity index (χ0) is 16.7. The van der Waals surface area contributed by atoms with Crippen molar-refractivity contribution in [2.24, 2.45) is 13.0 Å². The van der Waals surface area contributed by atoms with Gasteiger partial charge in [0.05, 0.1) is 12.0 Å². The number of nitrogens with zero attached hydrogens (tertiary/aromatic N) is 5. The fourth-order valence-electron chi connectivity index (χ4n) is 2.82. The maximum atomic E-state index is 12.1. The lowest BCUT2D eigenvalue weighted by Crippen LogP contribution is -2.51. The van der Waals surface area contributed by atoms with Crippen LogP contribution in [0.5, 0.6) is 0 Å². The maximum Gasteiger partial charge on any atom is 0.259 e. The van der Waals surface area contributed by atoms with E-state index in [1.54, 1.807) is 11.6 Å². The Balaban J connectivity index is 1.28. The molecular formula is C15H20N6O2S. The number of rotatable bonds is 6. The highest BCUT2D eigenvalue weighted by atomic mass is 32.2. The van der Waals surface area contributed by atoms with Crippen LogP contribution in [-0.4, -0.2) is 47.8 Å². The predicted molar refractivity (Wildman–Crippen MR) is 88.1 cm³/mol. The first-order valence-electron chi connectivity index (χ1n) is 8.07. The van der Waals surface area contributed by atoms with Crippen molar-refractivity contribution in [3.05, 3.63) is 30.4 Å². The first kappa shape index (κ1) is 15.5. The van der Waals surface area contributed by atoms with Gasteiger partial charge < -0.3 is 9.47 Å². The smallest absolute Gasteiger partial charge is 0.259 e. The van der Waals surface area contributed by atoms with Gasteiger partial charge in [0.1, 0.15) is 0 Å². The van der Waals surface area contributed by atoms with Gasteiger partial charge >= 0.3 is 0 Å². The van der Waals surface area contributed by atoms with Gasteiger partial charge in [-0.3, -0.25) is 0 Å². The number of sulfonamides is 1.